The van der Waals surface area contributed by atoms with Crippen LogP contribution in [0.25, 0.3) is 18.2 Å². The van der Waals surface area contributed by atoms with Crippen molar-refractivity contribution in [1.29, 1.82) is 0 Å². The summed E-state index contributed by atoms with van der Waals surface area (Å²) in [5.74, 6) is -0.520. The zero-order valence-electron chi connectivity index (χ0n) is 17.5. The molecule has 0 radical (unpaired) electrons. The molecule has 0 heterocycles. The maximum Gasteiger partial charge on any atom is 0.295 e. The molecule has 3 aromatic carbocycles. The Bertz CT molecular complexity index is 1500. The van der Waals surface area contributed by atoms with Gasteiger partial charge in [-0.25, -0.2) is 0 Å². The average molecular weight is 501 g/mol. The van der Waals surface area contributed by atoms with Crippen LogP contribution in [0.2, 0.25) is 0 Å². The van der Waals surface area contributed by atoms with Gasteiger partial charge in [0.15, 0.2) is 0 Å². The molecule has 34 heavy (non-hydrogen) atoms. The second-order valence-corrected chi connectivity index (χ2v) is 9.85. The number of anilines is 2. The number of benzene rings is 3. The van der Waals surface area contributed by atoms with Crippen LogP contribution >= 0.6 is 0 Å². The molecule has 0 aliphatic carbocycles. The lowest BCUT2D eigenvalue weighted by molar-refractivity contribution is -0.111. The predicted octanol–water partition coefficient (Wildman–Crippen LogP) is 3.58. The lowest BCUT2D eigenvalue weighted by Crippen LogP contribution is -2.09. The summed E-state index contributed by atoms with van der Waals surface area (Å²) in [6.07, 6.45) is 5.33. The fourth-order valence-electron chi connectivity index (χ4n) is 2.98. The van der Waals surface area contributed by atoms with Crippen molar-refractivity contribution in [3.05, 3.63) is 89.5 Å². The molecule has 0 fully saturated rings. The van der Waals surface area contributed by atoms with E-state index in [4.69, 9.17) is 5.73 Å². The lowest BCUT2D eigenvalue weighted by Gasteiger charge is -2.08. The van der Waals surface area contributed by atoms with E-state index in [0.29, 0.717) is 0 Å². The van der Waals surface area contributed by atoms with Gasteiger partial charge in [-0.3, -0.25) is 13.9 Å². The van der Waals surface area contributed by atoms with E-state index in [1.54, 1.807) is 18.2 Å². The molecule has 1 amide bonds. The summed E-state index contributed by atoms with van der Waals surface area (Å²) >= 11 is 0. The van der Waals surface area contributed by atoms with Crippen LogP contribution in [0.5, 0.6) is 0 Å². The van der Waals surface area contributed by atoms with Crippen LogP contribution in [0, 0.1) is 0 Å². The Kier molecular flexibility index (Phi) is 7.32. The van der Waals surface area contributed by atoms with E-state index in [1.165, 1.54) is 42.5 Å². The smallest absolute Gasteiger partial charge is 0.295 e. The van der Waals surface area contributed by atoms with Crippen molar-refractivity contribution in [3.63, 3.8) is 0 Å². The van der Waals surface area contributed by atoms with Gasteiger partial charge in [-0.2, -0.15) is 16.8 Å². The van der Waals surface area contributed by atoms with Crippen molar-refractivity contribution in [1.82, 2.24) is 0 Å². The van der Waals surface area contributed by atoms with Crippen LogP contribution in [0.4, 0.5) is 11.4 Å². The number of carbonyl (C=O) groups is 1. The van der Waals surface area contributed by atoms with E-state index in [0.717, 1.165) is 17.7 Å². The molecule has 0 aromatic heterocycles. The highest BCUT2D eigenvalue weighted by molar-refractivity contribution is 7.86. The summed E-state index contributed by atoms with van der Waals surface area (Å²) in [4.78, 5) is 11.2. The van der Waals surface area contributed by atoms with Crippen LogP contribution in [0.3, 0.4) is 0 Å². The standard InChI is InChI=1S/C23H20N2O7S2/c24-19-11-9-17(21(14-19)33(27,28)29)7-8-18-10-12-20(15-22(18)34(30,31)32)25-23(26)13-6-16-4-2-1-3-5-16/h1-15H,24H2,(H,25,26)(H,27,28,29)(H,30,31,32)/b8-7?,13-6+. The molecule has 0 saturated carbocycles. The van der Waals surface area contributed by atoms with Gasteiger partial charge in [0.05, 0.1) is 0 Å². The van der Waals surface area contributed by atoms with Crippen molar-refractivity contribution in [2.45, 2.75) is 9.79 Å². The van der Waals surface area contributed by atoms with E-state index < -0.39 is 35.9 Å². The minimum Gasteiger partial charge on any atom is -0.399 e. The summed E-state index contributed by atoms with van der Waals surface area (Å²) < 4.78 is 66.2. The average Bonchev–Trinajstić information content (AvgIpc) is 2.77. The number of nitrogens with two attached hydrogens (primary N) is 1. The number of nitrogen functional groups attached to an aromatic ring is 1. The maximum atomic E-state index is 12.2. The molecule has 176 valence electrons. The zero-order chi connectivity index (χ0) is 24.9. The van der Waals surface area contributed by atoms with Gasteiger partial charge in [0.1, 0.15) is 9.79 Å². The first-order chi connectivity index (χ1) is 15.9. The molecule has 11 heteroatoms. The van der Waals surface area contributed by atoms with E-state index in [1.807, 2.05) is 18.2 Å². The quantitative estimate of drug-likeness (QED) is 0.165. The molecule has 0 bridgehead atoms. The minimum absolute atomic E-state index is 0.0124. The van der Waals surface area contributed by atoms with Crippen molar-refractivity contribution in [2.24, 2.45) is 0 Å². The van der Waals surface area contributed by atoms with Gasteiger partial charge in [0.2, 0.25) is 5.91 Å². The molecule has 0 atom stereocenters. The molecule has 3 aromatic rings. The lowest BCUT2D eigenvalue weighted by atomic mass is 10.1. The third-order valence-corrected chi connectivity index (χ3v) is 6.36. The van der Waals surface area contributed by atoms with Crippen LogP contribution in [-0.2, 0) is 25.0 Å². The van der Waals surface area contributed by atoms with Crippen molar-refractivity contribution >= 4 is 55.7 Å². The molecular formula is C23H20N2O7S2. The summed E-state index contributed by atoms with van der Waals surface area (Å²) in [5, 5.41) is 2.51. The monoisotopic (exact) mass is 500 g/mol. The Morgan fingerprint density at radius 2 is 1.32 bits per heavy atom. The fraction of sp³-hybridized carbons (Fsp3) is 0. The maximum absolute atomic E-state index is 12.2. The molecule has 3 rings (SSSR count). The van der Waals surface area contributed by atoms with E-state index >= 15 is 0 Å². The third-order valence-electron chi connectivity index (χ3n) is 4.54. The Morgan fingerprint density at radius 1 is 0.765 bits per heavy atom. The van der Waals surface area contributed by atoms with Crippen LogP contribution in [-0.4, -0.2) is 31.8 Å². The Hall–Kier alpha value is -3.77. The van der Waals surface area contributed by atoms with Crippen LogP contribution < -0.4 is 11.1 Å². The van der Waals surface area contributed by atoms with Crippen molar-refractivity contribution < 1.29 is 30.7 Å². The highest BCUT2D eigenvalue weighted by Gasteiger charge is 2.17. The molecule has 0 spiro atoms. The molecule has 9 nitrogen and oxygen atoms in total. The van der Waals surface area contributed by atoms with E-state index in [2.05, 4.69) is 5.32 Å². The van der Waals surface area contributed by atoms with Crippen LogP contribution in [0.1, 0.15) is 16.7 Å². The largest absolute Gasteiger partial charge is 0.399 e. The Balaban J connectivity index is 1.91. The first kappa shape index (κ1) is 24.9. The summed E-state index contributed by atoms with van der Waals surface area (Å²) in [5.41, 5.74) is 6.63. The van der Waals surface area contributed by atoms with Crippen LogP contribution in [0.15, 0.2) is 82.6 Å². The molecule has 0 aliphatic rings. The normalized spacial score (nSPS) is 12.3. The summed E-state index contributed by atoms with van der Waals surface area (Å²) in [7, 11) is -9.30. The molecular weight excluding hydrogens is 480 g/mol. The summed E-state index contributed by atoms with van der Waals surface area (Å²) in [6, 6.07) is 16.6. The first-order valence-corrected chi connectivity index (χ1v) is 12.5. The highest BCUT2D eigenvalue weighted by atomic mass is 32.2. The van der Waals surface area contributed by atoms with Gasteiger partial charge in [-0.1, -0.05) is 54.6 Å². The van der Waals surface area contributed by atoms with Gasteiger partial charge in [-0.05, 0) is 47.0 Å². The second-order valence-electron chi connectivity index (χ2n) is 7.07. The van der Waals surface area contributed by atoms with Gasteiger partial charge in [-0.15, -0.1) is 0 Å². The number of hydrogen-bond acceptors (Lipinski definition) is 6. The Labute approximate surface area is 196 Å². The third kappa shape index (κ3) is 6.62. The molecule has 0 unspecified atom stereocenters. The predicted molar refractivity (Wildman–Crippen MR) is 130 cm³/mol. The number of nitrogens with one attached hydrogen (secondary N) is 1. The van der Waals surface area contributed by atoms with Gasteiger partial charge >= 0.3 is 0 Å². The Morgan fingerprint density at radius 3 is 1.91 bits per heavy atom. The van der Waals surface area contributed by atoms with Gasteiger partial charge in [0.25, 0.3) is 20.2 Å². The molecule has 5 N–H and O–H groups in total. The van der Waals surface area contributed by atoms with E-state index in [9.17, 15) is 30.7 Å². The molecule has 0 aliphatic heterocycles. The number of rotatable bonds is 7. The number of carbonyl (C=O) groups excluding carboxylic acids is 1. The van der Waals surface area contributed by atoms with E-state index in [-0.39, 0.29) is 22.5 Å². The van der Waals surface area contributed by atoms with Gasteiger partial charge in [0, 0.05) is 17.5 Å². The second kappa shape index (κ2) is 10.0. The zero-order valence-corrected chi connectivity index (χ0v) is 19.1. The first-order valence-electron chi connectivity index (χ1n) is 9.64. The minimum atomic E-state index is -4.70. The number of amides is 1. The SMILES string of the molecule is Nc1ccc(C=Cc2ccc(NC(=O)/C=C/c3ccccc3)cc2S(=O)(=O)O)c(S(=O)(=O)O)c1. The molecule has 0 saturated heterocycles. The van der Waals surface area contributed by atoms with Gasteiger partial charge < -0.3 is 11.1 Å². The van der Waals surface area contributed by atoms with Crippen molar-refractivity contribution in [3.8, 4) is 0 Å². The number of hydrogen-bond donors (Lipinski definition) is 4. The fourth-order valence-corrected chi connectivity index (χ4v) is 4.41. The van der Waals surface area contributed by atoms with Crippen molar-refractivity contribution in [2.75, 3.05) is 11.1 Å². The topological polar surface area (TPSA) is 164 Å². The summed E-state index contributed by atoms with van der Waals surface area (Å²) in [6.45, 7) is 0. The highest BCUT2D eigenvalue weighted by Crippen LogP contribution is 2.25.